The van der Waals surface area contributed by atoms with E-state index in [1.54, 1.807) is 6.92 Å². The van der Waals surface area contributed by atoms with Crippen molar-refractivity contribution in [3.05, 3.63) is 58.6 Å². The molecule has 0 saturated carbocycles. The number of carbonyl (C=O) groups is 1. The second-order valence-corrected chi connectivity index (χ2v) is 6.77. The molecule has 7 nitrogen and oxygen atoms in total. The minimum Gasteiger partial charge on any atom is -0.394 e. The molecule has 0 aliphatic carbocycles. The van der Waals surface area contributed by atoms with Crippen LogP contribution in [0, 0.1) is 5.82 Å². The van der Waals surface area contributed by atoms with E-state index in [0.717, 1.165) is 18.2 Å². The van der Waals surface area contributed by atoms with E-state index < -0.39 is 29.8 Å². The van der Waals surface area contributed by atoms with Gasteiger partial charge in [-0.3, -0.25) is 4.79 Å². The van der Waals surface area contributed by atoms with Gasteiger partial charge in [0.1, 0.15) is 5.82 Å². The molecule has 0 bridgehead atoms. The van der Waals surface area contributed by atoms with E-state index in [-0.39, 0.29) is 34.0 Å². The fraction of sp³-hybridized carbons (Fsp3) is 0.222. The third kappa shape index (κ3) is 4.57. The average Bonchev–Trinajstić information content (AvgIpc) is 3.18. The Morgan fingerprint density at radius 3 is 2.63 bits per heavy atom. The minimum absolute atomic E-state index is 0.00463. The fourth-order valence-electron chi connectivity index (χ4n) is 2.63. The van der Waals surface area contributed by atoms with Crippen LogP contribution in [-0.2, 0) is 6.18 Å². The van der Waals surface area contributed by atoms with Crippen LogP contribution in [0.4, 0.5) is 17.6 Å². The average molecular weight is 444 g/mol. The number of aliphatic hydroxyl groups excluding tert-OH is 1. The summed E-state index contributed by atoms with van der Waals surface area (Å²) in [6.07, 6.45) is -4.85. The highest BCUT2D eigenvalue weighted by Gasteiger charge is 2.38. The molecule has 0 radical (unpaired) electrons. The first-order valence-electron chi connectivity index (χ1n) is 8.48. The molecule has 1 aromatic heterocycles. The van der Waals surface area contributed by atoms with Gasteiger partial charge in [0.2, 0.25) is 0 Å². The number of carbonyl (C=O) groups excluding carboxylic acids is 1. The van der Waals surface area contributed by atoms with Crippen molar-refractivity contribution in [3.63, 3.8) is 0 Å². The molecule has 30 heavy (non-hydrogen) atoms. The molecule has 2 N–H and O–H groups in total. The van der Waals surface area contributed by atoms with Crippen molar-refractivity contribution in [2.24, 2.45) is 0 Å². The molecule has 1 heterocycles. The lowest BCUT2D eigenvalue weighted by Gasteiger charge is -2.15. The van der Waals surface area contributed by atoms with E-state index in [9.17, 15) is 22.4 Å². The first kappa shape index (κ1) is 21.7. The van der Waals surface area contributed by atoms with Gasteiger partial charge in [-0.2, -0.15) is 17.9 Å². The molecule has 12 heteroatoms. The zero-order valence-corrected chi connectivity index (χ0v) is 16.0. The molecule has 0 aliphatic rings. The summed E-state index contributed by atoms with van der Waals surface area (Å²) < 4.78 is 53.6. The van der Waals surface area contributed by atoms with E-state index in [1.807, 2.05) is 0 Å². The Kier molecular flexibility index (Phi) is 6.04. The van der Waals surface area contributed by atoms with Gasteiger partial charge in [-0.25, -0.2) is 4.39 Å². The fourth-order valence-corrected chi connectivity index (χ4v) is 2.91. The number of alkyl halides is 3. The van der Waals surface area contributed by atoms with Gasteiger partial charge >= 0.3 is 6.18 Å². The Hall–Kier alpha value is -3.05. The van der Waals surface area contributed by atoms with Crippen molar-refractivity contribution < 1.29 is 27.5 Å². The largest absolute Gasteiger partial charge is 0.453 e. The SMILES string of the molecule is CC(CO)NC(=O)c1cc(-c2ccc(F)cc2Cl)cc(-n2nnnc2C(F)(F)F)c1. The Morgan fingerprint density at radius 1 is 1.27 bits per heavy atom. The lowest BCUT2D eigenvalue weighted by atomic mass is 10.0. The number of nitrogens with zero attached hydrogens (tertiary/aromatic N) is 4. The van der Waals surface area contributed by atoms with Crippen molar-refractivity contribution >= 4 is 17.5 Å². The summed E-state index contributed by atoms with van der Waals surface area (Å²) in [6.45, 7) is 1.20. The summed E-state index contributed by atoms with van der Waals surface area (Å²) in [4.78, 5) is 12.5. The molecule has 0 fully saturated rings. The molecule has 0 aliphatic heterocycles. The molecule has 1 amide bonds. The smallest absolute Gasteiger partial charge is 0.394 e. The van der Waals surface area contributed by atoms with Crippen molar-refractivity contribution in [1.82, 2.24) is 25.5 Å². The molecule has 0 saturated heterocycles. The van der Waals surface area contributed by atoms with E-state index in [1.165, 1.54) is 18.2 Å². The number of rotatable bonds is 5. The van der Waals surface area contributed by atoms with Gasteiger partial charge in [0.15, 0.2) is 0 Å². The number of hydrogen-bond acceptors (Lipinski definition) is 5. The Bertz CT molecular complexity index is 1090. The Labute approximate surface area is 172 Å². The van der Waals surface area contributed by atoms with E-state index in [4.69, 9.17) is 16.7 Å². The summed E-state index contributed by atoms with van der Waals surface area (Å²) in [5.41, 5.74) is 0.326. The highest BCUT2D eigenvalue weighted by atomic mass is 35.5. The molecular formula is C18H14ClF4N5O2. The molecule has 0 spiro atoms. The monoisotopic (exact) mass is 443 g/mol. The van der Waals surface area contributed by atoms with Crippen LogP contribution in [0.25, 0.3) is 16.8 Å². The molecule has 3 aromatic rings. The highest BCUT2D eigenvalue weighted by molar-refractivity contribution is 6.33. The summed E-state index contributed by atoms with van der Waals surface area (Å²) >= 11 is 6.08. The quantitative estimate of drug-likeness (QED) is 0.590. The maximum atomic E-state index is 13.4. The standard InChI is InChI=1S/C18H14ClF4N5O2/c1-9(8-29)24-16(30)11-4-10(14-3-2-12(20)7-15(14)19)5-13(6-11)28-17(18(21,22)23)25-26-27-28/h2-7,9,29H,8H2,1H3,(H,24,30). The van der Waals surface area contributed by atoms with Crippen LogP contribution in [0.1, 0.15) is 23.1 Å². The third-order valence-corrected chi connectivity index (χ3v) is 4.35. The number of aliphatic hydroxyl groups is 1. The van der Waals surface area contributed by atoms with Crippen LogP contribution in [0.2, 0.25) is 5.02 Å². The number of aromatic nitrogens is 4. The van der Waals surface area contributed by atoms with E-state index in [0.29, 0.717) is 4.68 Å². The second kappa shape index (κ2) is 8.36. The molecule has 1 unspecified atom stereocenters. The Balaban J connectivity index is 2.19. The van der Waals surface area contributed by atoms with Crippen molar-refractivity contribution in [1.29, 1.82) is 0 Å². The van der Waals surface area contributed by atoms with Crippen LogP contribution in [0.3, 0.4) is 0 Å². The summed E-state index contributed by atoms with van der Waals surface area (Å²) in [5, 5.41) is 21.1. The van der Waals surface area contributed by atoms with Crippen LogP contribution in [-0.4, -0.2) is 43.9 Å². The van der Waals surface area contributed by atoms with Crippen LogP contribution in [0.5, 0.6) is 0 Å². The highest BCUT2D eigenvalue weighted by Crippen LogP contribution is 2.33. The molecule has 3 rings (SSSR count). The predicted octanol–water partition coefficient (Wildman–Crippen LogP) is 3.25. The van der Waals surface area contributed by atoms with E-state index in [2.05, 4.69) is 20.8 Å². The van der Waals surface area contributed by atoms with Crippen LogP contribution < -0.4 is 5.32 Å². The van der Waals surface area contributed by atoms with Gasteiger partial charge < -0.3 is 10.4 Å². The Morgan fingerprint density at radius 2 is 2.00 bits per heavy atom. The third-order valence-electron chi connectivity index (χ3n) is 4.04. The van der Waals surface area contributed by atoms with Gasteiger partial charge in [0, 0.05) is 17.2 Å². The number of benzene rings is 2. The summed E-state index contributed by atoms with van der Waals surface area (Å²) in [5.74, 6) is -2.64. The first-order chi connectivity index (χ1) is 14.1. The lowest BCUT2D eigenvalue weighted by Crippen LogP contribution is -2.35. The topological polar surface area (TPSA) is 92.9 Å². The van der Waals surface area contributed by atoms with Crippen LogP contribution in [0.15, 0.2) is 36.4 Å². The molecular weight excluding hydrogens is 430 g/mol. The predicted molar refractivity (Wildman–Crippen MR) is 98.6 cm³/mol. The van der Waals surface area contributed by atoms with Gasteiger partial charge in [-0.1, -0.05) is 11.6 Å². The molecule has 158 valence electrons. The summed E-state index contributed by atoms with van der Waals surface area (Å²) in [7, 11) is 0. The molecule has 1 atom stereocenters. The normalized spacial score (nSPS) is 12.6. The number of hydrogen-bond donors (Lipinski definition) is 2. The number of nitrogens with one attached hydrogen (secondary N) is 1. The zero-order chi connectivity index (χ0) is 22.1. The van der Waals surface area contributed by atoms with Gasteiger partial charge in [-0.15, -0.1) is 5.10 Å². The number of amides is 1. The van der Waals surface area contributed by atoms with E-state index >= 15 is 0 Å². The van der Waals surface area contributed by atoms with Crippen LogP contribution >= 0.6 is 11.6 Å². The van der Waals surface area contributed by atoms with Gasteiger partial charge in [-0.05, 0) is 59.3 Å². The van der Waals surface area contributed by atoms with Gasteiger partial charge in [0.05, 0.1) is 17.3 Å². The maximum absolute atomic E-state index is 13.4. The zero-order valence-electron chi connectivity index (χ0n) is 15.3. The lowest BCUT2D eigenvalue weighted by molar-refractivity contribution is -0.146. The number of tetrazole rings is 1. The minimum atomic E-state index is -4.85. The van der Waals surface area contributed by atoms with Crippen molar-refractivity contribution in [2.45, 2.75) is 19.1 Å². The second-order valence-electron chi connectivity index (χ2n) is 6.36. The number of halogens is 5. The first-order valence-corrected chi connectivity index (χ1v) is 8.86. The van der Waals surface area contributed by atoms with Crippen molar-refractivity contribution in [2.75, 3.05) is 6.61 Å². The maximum Gasteiger partial charge on any atom is 0.453 e. The van der Waals surface area contributed by atoms with Gasteiger partial charge in [0.25, 0.3) is 11.7 Å². The summed E-state index contributed by atoms with van der Waals surface area (Å²) in [6, 6.07) is 6.72. The molecule has 2 aromatic carbocycles. The van der Waals surface area contributed by atoms with Crippen molar-refractivity contribution in [3.8, 4) is 16.8 Å².